The Morgan fingerprint density at radius 1 is 1.13 bits per heavy atom. The second-order valence-corrected chi connectivity index (χ2v) is 8.28. The minimum absolute atomic E-state index is 0.313. The Hall–Kier alpha value is -0.160. The summed E-state index contributed by atoms with van der Waals surface area (Å²) in [5, 5.41) is 10.5. The third kappa shape index (κ3) is 5.42. The summed E-state index contributed by atoms with van der Waals surface area (Å²) in [7, 11) is 0. The fourth-order valence-electron chi connectivity index (χ4n) is 4.23. The summed E-state index contributed by atoms with van der Waals surface area (Å²) < 4.78 is 11.8. The van der Waals surface area contributed by atoms with Gasteiger partial charge in [0.1, 0.15) is 0 Å². The Labute approximate surface area is 142 Å². The molecule has 0 aromatic carbocycles. The van der Waals surface area contributed by atoms with Crippen LogP contribution in [-0.4, -0.2) is 60.7 Å². The number of aliphatic hydroxyl groups excluding tert-OH is 1. The molecule has 0 aromatic rings. The largest absolute Gasteiger partial charge is 0.389 e. The van der Waals surface area contributed by atoms with E-state index in [0.717, 1.165) is 25.6 Å². The summed E-state index contributed by atoms with van der Waals surface area (Å²) in [4.78, 5) is 2.35. The van der Waals surface area contributed by atoms with E-state index in [9.17, 15) is 5.11 Å². The van der Waals surface area contributed by atoms with Gasteiger partial charge >= 0.3 is 0 Å². The molecule has 1 aliphatic carbocycles. The van der Waals surface area contributed by atoms with Gasteiger partial charge in [0, 0.05) is 18.6 Å². The molecule has 1 N–H and O–H groups in total. The highest BCUT2D eigenvalue weighted by Gasteiger charge is 2.32. The average Bonchev–Trinajstić information content (AvgIpc) is 2.49. The summed E-state index contributed by atoms with van der Waals surface area (Å²) in [6.45, 7) is 13.9. The summed E-state index contributed by atoms with van der Waals surface area (Å²) in [5.41, 5.74) is 0. The molecule has 1 aliphatic heterocycles. The zero-order valence-electron chi connectivity index (χ0n) is 15.7. The van der Waals surface area contributed by atoms with Crippen molar-refractivity contribution in [2.75, 3.05) is 26.4 Å². The molecular weight excluding hydrogens is 290 g/mol. The standard InChI is InChI=1S/C19H37NO3/c1-13(2)18-7-6-14(3)8-19(18)23-12-17(21)9-20-15(4)10-22-11-16(20)5/h13-19,21H,6-12H2,1-5H3/t14-,15-,16-,17-,18-,19-/m1/s1. The van der Waals surface area contributed by atoms with Gasteiger partial charge in [0.25, 0.3) is 0 Å². The predicted molar refractivity (Wildman–Crippen MR) is 93.5 cm³/mol. The van der Waals surface area contributed by atoms with Crippen LogP contribution in [0.5, 0.6) is 0 Å². The first-order chi connectivity index (χ1) is 10.9. The molecule has 4 nitrogen and oxygen atoms in total. The molecule has 2 rings (SSSR count). The van der Waals surface area contributed by atoms with Gasteiger partial charge < -0.3 is 14.6 Å². The van der Waals surface area contributed by atoms with Crippen molar-refractivity contribution >= 4 is 0 Å². The Morgan fingerprint density at radius 2 is 1.78 bits per heavy atom. The van der Waals surface area contributed by atoms with Crippen LogP contribution < -0.4 is 0 Å². The lowest BCUT2D eigenvalue weighted by atomic mass is 9.75. The number of β-amino-alcohol motifs (C(OH)–C–C–N with tert-alkyl or cyclic N) is 1. The second kappa shape index (κ2) is 8.80. The molecule has 0 spiro atoms. The minimum Gasteiger partial charge on any atom is -0.389 e. The van der Waals surface area contributed by atoms with E-state index in [1.165, 1.54) is 12.8 Å². The van der Waals surface area contributed by atoms with E-state index in [1.54, 1.807) is 0 Å². The fourth-order valence-corrected chi connectivity index (χ4v) is 4.23. The van der Waals surface area contributed by atoms with E-state index in [0.29, 0.717) is 43.2 Å². The normalized spacial score (nSPS) is 38.0. The van der Waals surface area contributed by atoms with Crippen molar-refractivity contribution in [3.05, 3.63) is 0 Å². The number of hydrogen-bond acceptors (Lipinski definition) is 4. The molecule has 0 amide bonds. The number of nitrogens with zero attached hydrogens (tertiary/aromatic N) is 1. The third-order valence-corrected chi connectivity index (χ3v) is 5.74. The lowest BCUT2D eigenvalue weighted by Crippen LogP contribution is -2.52. The van der Waals surface area contributed by atoms with Crippen molar-refractivity contribution in [3.8, 4) is 0 Å². The molecule has 4 heteroatoms. The Bertz CT molecular complexity index is 340. The van der Waals surface area contributed by atoms with Crippen LogP contribution in [0.25, 0.3) is 0 Å². The van der Waals surface area contributed by atoms with E-state index in [-0.39, 0.29) is 0 Å². The highest BCUT2D eigenvalue weighted by atomic mass is 16.5. The molecule has 6 atom stereocenters. The van der Waals surface area contributed by atoms with Crippen molar-refractivity contribution in [2.45, 2.75) is 78.2 Å². The molecule has 1 heterocycles. The molecule has 1 saturated carbocycles. The first-order valence-corrected chi connectivity index (χ1v) is 9.51. The SMILES string of the molecule is CC(C)[C@H]1CC[C@@H](C)C[C@H]1OC[C@H](O)CN1[C@H](C)COC[C@H]1C. The van der Waals surface area contributed by atoms with Gasteiger partial charge in [0.05, 0.1) is 32.0 Å². The highest BCUT2D eigenvalue weighted by Crippen LogP contribution is 2.35. The van der Waals surface area contributed by atoms with Crippen LogP contribution in [0, 0.1) is 17.8 Å². The summed E-state index contributed by atoms with van der Waals surface area (Å²) >= 11 is 0. The van der Waals surface area contributed by atoms with E-state index >= 15 is 0 Å². The van der Waals surface area contributed by atoms with E-state index in [4.69, 9.17) is 9.47 Å². The maximum atomic E-state index is 10.5. The maximum Gasteiger partial charge on any atom is 0.0900 e. The summed E-state index contributed by atoms with van der Waals surface area (Å²) in [6, 6.07) is 0.734. The van der Waals surface area contributed by atoms with Crippen LogP contribution in [0.1, 0.15) is 53.9 Å². The predicted octanol–water partition coefficient (Wildman–Crippen LogP) is 2.93. The van der Waals surface area contributed by atoms with Gasteiger partial charge in [-0.25, -0.2) is 0 Å². The quantitative estimate of drug-likeness (QED) is 0.814. The zero-order valence-corrected chi connectivity index (χ0v) is 15.7. The van der Waals surface area contributed by atoms with Crippen molar-refractivity contribution in [1.29, 1.82) is 0 Å². The molecule has 2 fully saturated rings. The molecule has 2 aliphatic rings. The van der Waals surface area contributed by atoms with Gasteiger partial charge in [-0.1, -0.05) is 27.2 Å². The number of ether oxygens (including phenoxy) is 2. The van der Waals surface area contributed by atoms with Crippen LogP contribution >= 0.6 is 0 Å². The Morgan fingerprint density at radius 3 is 2.39 bits per heavy atom. The maximum absolute atomic E-state index is 10.5. The Balaban J connectivity index is 1.81. The van der Waals surface area contributed by atoms with Crippen molar-refractivity contribution in [2.24, 2.45) is 17.8 Å². The number of rotatable bonds is 6. The number of morpholine rings is 1. The molecule has 136 valence electrons. The Kier molecular flexibility index (Phi) is 7.33. The van der Waals surface area contributed by atoms with E-state index in [1.807, 2.05) is 0 Å². The van der Waals surface area contributed by atoms with E-state index in [2.05, 4.69) is 39.5 Å². The highest BCUT2D eigenvalue weighted by molar-refractivity contribution is 4.83. The van der Waals surface area contributed by atoms with Crippen LogP contribution in [0.3, 0.4) is 0 Å². The van der Waals surface area contributed by atoms with Crippen molar-refractivity contribution in [3.63, 3.8) is 0 Å². The fraction of sp³-hybridized carbons (Fsp3) is 1.00. The van der Waals surface area contributed by atoms with Crippen molar-refractivity contribution < 1.29 is 14.6 Å². The summed E-state index contributed by atoms with van der Waals surface area (Å²) in [5.74, 6) is 2.04. The lowest BCUT2D eigenvalue weighted by molar-refractivity contribution is -0.0929. The van der Waals surface area contributed by atoms with Crippen molar-refractivity contribution in [1.82, 2.24) is 4.90 Å². The molecule has 1 saturated heterocycles. The van der Waals surface area contributed by atoms with Crippen LogP contribution in [0.2, 0.25) is 0 Å². The number of hydrogen-bond donors (Lipinski definition) is 1. The minimum atomic E-state index is -0.414. The van der Waals surface area contributed by atoms with Gasteiger partial charge in [-0.05, 0) is 44.4 Å². The van der Waals surface area contributed by atoms with Gasteiger partial charge in [0.15, 0.2) is 0 Å². The molecule has 0 bridgehead atoms. The molecular formula is C19H37NO3. The average molecular weight is 328 g/mol. The first kappa shape index (κ1) is 19.2. The molecule has 0 unspecified atom stereocenters. The van der Waals surface area contributed by atoms with Crippen LogP contribution in [0.15, 0.2) is 0 Å². The monoisotopic (exact) mass is 327 g/mol. The second-order valence-electron chi connectivity index (χ2n) is 8.28. The molecule has 23 heavy (non-hydrogen) atoms. The van der Waals surface area contributed by atoms with Crippen LogP contribution in [0.4, 0.5) is 0 Å². The molecule has 0 radical (unpaired) electrons. The third-order valence-electron chi connectivity index (χ3n) is 5.74. The number of aliphatic hydroxyl groups is 1. The molecule has 0 aromatic heterocycles. The van der Waals surface area contributed by atoms with Gasteiger partial charge in [0.2, 0.25) is 0 Å². The van der Waals surface area contributed by atoms with Gasteiger partial charge in [-0.15, -0.1) is 0 Å². The van der Waals surface area contributed by atoms with Gasteiger partial charge in [-0.2, -0.15) is 0 Å². The first-order valence-electron chi connectivity index (χ1n) is 9.51. The van der Waals surface area contributed by atoms with Gasteiger partial charge in [-0.3, -0.25) is 4.90 Å². The summed E-state index contributed by atoms with van der Waals surface area (Å²) in [6.07, 6.45) is 3.61. The topological polar surface area (TPSA) is 41.9 Å². The smallest absolute Gasteiger partial charge is 0.0900 e. The zero-order chi connectivity index (χ0) is 17.0. The van der Waals surface area contributed by atoms with Crippen LogP contribution in [-0.2, 0) is 9.47 Å². The van der Waals surface area contributed by atoms with E-state index < -0.39 is 6.10 Å². The lowest BCUT2D eigenvalue weighted by Gasteiger charge is -2.40.